The van der Waals surface area contributed by atoms with Crippen LogP contribution in [0.15, 0.2) is 24.3 Å². The standard InChI is InChI=1S/C16H25NO2/c1-13(17-9-11-18-12-10-17)19-15-7-5-14(6-8-15)16(2,3)4/h5-8,13H,9-12H2,1-4H3. The zero-order chi connectivity index (χ0) is 13.9. The molecule has 0 amide bonds. The van der Waals surface area contributed by atoms with Crippen molar-refractivity contribution in [3.63, 3.8) is 0 Å². The van der Waals surface area contributed by atoms with E-state index in [1.54, 1.807) is 0 Å². The predicted octanol–water partition coefficient (Wildman–Crippen LogP) is 3.04. The van der Waals surface area contributed by atoms with Crippen LogP contribution in [0.2, 0.25) is 0 Å². The topological polar surface area (TPSA) is 21.7 Å². The SMILES string of the molecule is CC(Oc1ccc(C(C)(C)C)cc1)N1CCOCC1. The van der Waals surface area contributed by atoms with Gasteiger partial charge in [0, 0.05) is 13.1 Å². The predicted molar refractivity (Wildman–Crippen MR) is 77.6 cm³/mol. The molecule has 106 valence electrons. The maximum atomic E-state index is 5.99. The van der Waals surface area contributed by atoms with Crippen LogP contribution in [0, 0.1) is 0 Å². The zero-order valence-electron chi connectivity index (χ0n) is 12.5. The summed E-state index contributed by atoms with van der Waals surface area (Å²) in [6.07, 6.45) is 0.101. The van der Waals surface area contributed by atoms with Crippen molar-refractivity contribution in [1.29, 1.82) is 0 Å². The highest BCUT2D eigenvalue weighted by Gasteiger charge is 2.18. The van der Waals surface area contributed by atoms with Crippen LogP contribution in [0.3, 0.4) is 0 Å². The highest BCUT2D eigenvalue weighted by atomic mass is 16.5. The lowest BCUT2D eigenvalue weighted by Gasteiger charge is -2.32. The van der Waals surface area contributed by atoms with Crippen LogP contribution in [0.4, 0.5) is 0 Å². The molecule has 0 N–H and O–H groups in total. The summed E-state index contributed by atoms with van der Waals surface area (Å²) in [6, 6.07) is 8.44. The fourth-order valence-electron chi connectivity index (χ4n) is 2.25. The first-order valence-corrected chi connectivity index (χ1v) is 7.06. The molecular weight excluding hydrogens is 238 g/mol. The molecule has 1 aromatic rings. The molecule has 3 nitrogen and oxygen atoms in total. The van der Waals surface area contributed by atoms with E-state index in [1.165, 1.54) is 5.56 Å². The van der Waals surface area contributed by atoms with Crippen molar-refractivity contribution in [1.82, 2.24) is 4.90 Å². The minimum atomic E-state index is 0.101. The van der Waals surface area contributed by atoms with Crippen molar-refractivity contribution in [2.45, 2.75) is 39.3 Å². The van der Waals surface area contributed by atoms with Gasteiger partial charge in [0.2, 0.25) is 0 Å². The monoisotopic (exact) mass is 263 g/mol. The van der Waals surface area contributed by atoms with Crippen molar-refractivity contribution in [3.05, 3.63) is 29.8 Å². The number of nitrogens with zero attached hydrogens (tertiary/aromatic N) is 1. The van der Waals surface area contributed by atoms with E-state index in [4.69, 9.17) is 9.47 Å². The van der Waals surface area contributed by atoms with Gasteiger partial charge in [-0.2, -0.15) is 0 Å². The molecule has 2 rings (SSSR count). The van der Waals surface area contributed by atoms with Crippen LogP contribution in [-0.2, 0) is 10.2 Å². The summed E-state index contributed by atoms with van der Waals surface area (Å²) in [6.45, 7) is 12.3. The van der Waals surface area contributed by atoms with Gasteiger partial charge in [0.15, 0.2) is 0 Å². The van der Waals surface area contributed by atoms with Crippen LogP contribution in [0.5, 0.6) is 5.75 Å². The maximum absolute atomic E-state index is 5.99. The Morgan fingerprint density at radius 1 is 1.11 bits per heavy atom. The highest BCUT2D eigenvalue weighted by Crippen LogP contribution is 2.24. The second kappa shape index (κ2) is 5.93. The largest absolute Gasteiger partial charge is 0.475 e. The third-order valence-corrected chi connectivity index (χ3v) is 3.59. The molecule has 1 unspecified atom stereocenters. The Balaban J connectivity index is 1.95. The third-order valence-electron chi connectivity index (χ3n) is 3.59. The lowest BCUT2D eigenvalue weighted by molar-refractivity contribution is -0.0373. The molecule has 1 saturated heterocycles. The smallest absolute Gasteiger partial charge is 0.149 e. The lowest BCUT2D eigenvalue weighted by Crippen LogP contribution is -2.44. The van der Waals surface area contributed by atoms with Crippen molar-refractivity contribution in [3.8, 4) is 5.75 Å². The molecule has 1 aliphatic heterocycles. The number of morpholine rings is 1. The quantitative estimate of drug-likeness (QED) is 0.836. The summed E-state index contributed by atoms with van der Waals surface area (Å²) in [5.74, 6) is 0.937. The van der Waals surface area contributed by atoms with Gasteiger partial charge in [-0.05, 0) is 30.0 Å². The summed E-state index contributed by atoms with van der Waals surface area (Å²) in [5, 5.41) is 0. The van der Waals surface area contributed by atoms with E-state index in [9.17, 15) is 0 Å². The van der Waals surface area contributed by atoms with E-state index in [-0.39, 0.29) is 11.6 Å². The van der Waals surface area contributed by atoms with Crippen LogP contribution < -0.4 is 4.74 Å². The Labute approximate surface area is 116 Å². The lowest BCUT2D eigenvalue weighted by atomic mass is 9.87. The number of benzene rings is 1. The second-order valence-electron chi connectivity index (χ2n) is 6.14. The average Bonchev–Trinajstić information content (AvgIpc) is 2.39. The molecule has 0 aliphatic carbocycles. The summed E-state index contributed by atoms with van der Waals surface area (Å²) < 4.78 is 11.3. The molecule has 0 aromatic heterocycles. The van der Waals surface area contributed by atoms with Gasteiger partial charge in [-0.25, -0.2) is 0 Å². The zero-order valence-corrected chi connectivity index (χ0v) is 12.5. The van der Waals surface area contributed by atoms with Crippen LogP contribution in [0.25, 0.3) is 0 Å². The first-order chi connectivity index (χ1) is 8.97. The number of rotatable bonds is 3. The van der Waals surface area contributed by atoms with E-state index in [0.29, 0.717) is 0 Å². The first kappa shape index (κ1) is 14.4. The minimum Gasteiger partial charge on any atom is -0.475 e. The van der Waals surface area contributed by atoms with E-state index < -0.39 is 0 Å². The molecular formula is C16H25NO2. The molecule has 19 heavy (non-hydrogen) atoms. The van der Waals surface area contributed by atoms with Gasteiger partial charge < -0.3 is 9.47 Å². The fraction of sp³-hybridized carbons (Fsp3) is 0.625. The highest BCUT2D eigenvalue weighted by molar-refractivity contribution is 5.31. The van der Waals surface area contributed by atoms with Crippen molar-refractivity contribution in [2.24, 2.45) is 0 Å². The second-order valence-corrected chi connectivity index (χ2v) is 6.14. The Hall–Kier alpha value is -1.06. The maximum Gasteiger partial charge on any atom is 0.149 e. The van der Waals surface area contributed by atoms with Gasteiger partial charge in [0.05, 0.1) is 13.2 Å². The van der Waals surface area contributed by atoms with Crippen molar-refractivity contribution >= 4 is 0 Å². The summed E-state index contributed by atoms with van der Waals surface area (Å²) in [4.78, 5) is 2.31. The first-order valence-electron chi connectivity index (χ1n) is 7.06. The Kier molecular flexibility index (Phi) is 4.48. The van der Waals surface area contributed by atoms with Gasteiger partial charge in [0.25, 0.3) is 0 Å². The Bertz CT molecular complexity index is 388. The summed E-state index contributed by atoms with van der Waals surface area (Å²) in [7, 11) is 0. The van der Waals surface area contributed by atoms with Gasteiger partial charge in [0.1, 0.15) is 12.0 Å². The molecule has 3 heteroatoms. The van der Waals surface area contributed by atoms with Crippen LogP contribution in [-0.4, -0.2) is 37.4 Å². The number of hydrogen-bond acceptors (Lipinski definition) is 3. The van der Waals surface area contributed by atoms with Crippen LogP contribution >= 0.6 is 0 Å². The Morgan fingerprint density at radius 2 is 1.68 bits per heavy atom. The molecule has 0 saturated carbocycles. The van der Waals surface area contributed by atoms with Gasteiger partial charge in [-0.1, -0.05) is 32.9 Å². The Morgan fingerprint density at radius 3 is 2.21 bits per heavy atom. The van der Waals surface area contributed by atoms with Crippen molar-refractivity contribution < 1.29 is 9.47 Å². The van der Waals surface area contributed by atoms with Gasteiger partial charge in [-0.3, -0.25) is 4.90 Å². The van der Waals surface area contributed by atoms with Gasteiger partial charge in [-0.15, -0.1) is 0 Å². The summed E-state index contributed by atoms with van der Waals surface area (Å²) in [5.41, 5.74) is 1.52. The molecule has 1 aromatic carbocycles. The number of ether oxygens (including phenoxy) is 2. The molecule has 0 bridgehead atoms. The average molecular weight is 263 g/mol. The molecule has 0 radical (unpaired) electrons. The van der Waals surface area contributed by atoms with E-state index >= 15 is 0 Å². The third kappa shape index (κ3) is 3.95. The molecule has 1 heterocycles. The normalized spacial score (nSPS) is 19.2. The fourth-order valence-corrected chi connectivity index (χ4v) is 2.25. The summed E-state index contributed by atoms with van der Waals surface area (Å²) >= 11 is 0. The van der Waals surface area contributed by atoms with E-state index in [1.807, 2.05) is 0 Å². The van der Waals surface area contributed by atoms with Gasteiger partial charge >= 0.3 is 0 Å². The molecule has 1 atom stereocenters. The number of hydrogen-bond donors (Lipinski definition) is 0. The van der Waals surface area contributed by atoms with E-state index in [2.05, 4.69) is 56.9 Å². The molecule has 1 fully saturated rings. The van der Waals surface area contributed by atoms with E-state index in [0.717, 1.165) is 32.1 Å². The molecule has 1 aliphatic rings. The molecule has 0 spiro atoms. The van der Waals surface area contributed by atoms with Crippen LogP contribution in [0.1, 0.15) is 33.3 Å². The minimum absolute atomic E-state index is 0.101. The van der Waals surface area contributed by atoms with Crippen molar-refractivity contribution in [2.75, 3.05) is 26.3 Å².